The molecule has 0 N–H and O–H groups in total. The molecule has 0 aromatic heterocycles. The number of alkyl halides is 2. The SMILES string of the molecule is O=C(CN(C(=O)c1ccccc1Cl)N1C(=O)[C@H]2C[C@H](Br)[C@@H](Br)C[C@H]2C1=O)c1ccccc1. The predicted octanol–water partition coefficient (Wildman–Crippen LogP) is 4.50. The Bertz CT molecular complexity index is 1050. The summed E-state index contributed by atoms with van der Waals surface area (Å²) in [6.07, 6.45) is 0.921. The Kier molecular flexibility index (Phi) is 6.83. The summed E-state index contributed by atoms with van der Waals surface area (Å²) in [4.78, 5) is 53.1. The first-order valence-corrected chi connectivity index (χ1v) is 12.3. The van der Waals surface area contributed by atoms with Gasteiger partial charge in [-0.05, 0) is 25.0 Å². The molecule has 1 aliphatic carbocycles. The van der Waals surface area contributed by atoms with E-state index in [9.17, 15) is 19.2 Å². The fourth-order valence-corrected chi connectivity index (χ4v) is 5.63. The molecule has 0 spiro atoms. The number of rotatable bonds is 5. The van der Waals surface area contributed by atoms with Crippen molar-refractivity contribution in [2.75, 3.05) is 6.54 Å². The van der Waals surface area contributed by atoms with Gasteiger partial charge in [-0.25, -0.2) is 5.01 Å². The van der Waals surface area contributed by atoms with Crippen LogP contribution in [0.4, 0.5) is 0 Å². The van der Waals surface area contributed by atoms with E-state index in [1.165, 1.54) is 6.07 Å². The number of fused-ring (bicyclic) bond motifs is 1. The van der Waals surface area contributed by atoms with Gasteiger partial charge in [-0.3, -0.25) is 19.2 Å². The number of benzene rings is 2. The second kappa shape index (κ2) is 9.45. The van der Waals surface area contributed by atoms with E-state index in [0.717, 1.165) is 10.0 Å². The Morgan fingerprint density at radius 2 is 1.44 bits per heavy atom. The van der Waals surface area contributed by atoms with Gasteiger partial charge >= 0.3 is 0 Å². The van der Waals surface area contributed by atoms with Gasteiger partial charge in [-0.2, -0.15) is 5.01 Å². The lowest BCUT2D eigenvalue weighted by atomic mass is 9.81. The van der Waals surface area contributed by atoms with Gasteiger partial charge in [-0.15, -0.1) is 0 Å². The molecule has 0 bridgehead atoms. The third-order valence-corrected chi connectivity index (χ3v) is 8.92. The molecular weight excluding hydrogens is 564 g/mol. The van der Waals surface area contributed by atoms with Gasteiger partial charge in [0.2, 0.25) is 0 Å². The van der Waals surface area contributed by atoms with Crippen LogP contribution in [-0.4, -0.2) is 49.7 Å². The van der Waals surface area contributed by atoms with Gasteiger partial charge in [0.15, 0.2) is 5.78 Å². The molecule has 2 aromatic carbocycles. The number of hydrazine groups is 1. The minimum atomic E-state index is -0.675. The molecule has 1 saturated carbocycles. The van der Waals surface area contributed by atoms with E-state index < -0.39 is 41.9 Å². The van der Waals surface area contributed by atoms with Crippen LogP contribution in [0, 0.1) is 11.8 Å². The molecule has 2 aliphatic rings. The highest BCUT2D eigenvalue weighted by atomic mass is 79.9. The first kappa shape index (κ1) is 23.1. The molecule has 166 valence electrons. The van der Waals surface area contributed by atoms with Gasteiger partial charge in [0.1, 0.15) is 6.54 Å². The monoisotopic (exact) mass is 580 g/mol. The zero-order valence-electron chi connectivity index (χ0n) is 16.8. The van der Waals surface area contributed by atoms with E-state index in [0.29, 0.717) is 18.4 Å². The van der Waals surface area contributed by atoms with Gasteiger partial charge in [0, 0.05) is 15.2 Å². The molecule has 4 rings (SSSR count). The van der Waals surface area contributed by atoms with Crippen molar-refractivity contribution in [2.24, 2.45) is 11.8 Å². The topological polar surface area (TPSA) is 74.8 Å². The van der Waals surface area contributed by atoms with Crippen molar-refractivity contribution in [3.05, 3.63) is 70.7 Å². The van der Waals surface area contributed by atoms with Crippen molar-refractivity contribution >= 4 is 67.0 Å². The lowest BCUT2D eigenvalue weighted by molar-refractivity contribution is -0.154. The number of carbonyl (C=O) groups is 4. The van der Waals surface area contributed by atoms with Gasteiger partial charge in [0.25, 0.3) is 17.7 Å². The number of ketones is 1. The molecule has 1 heterocycles. The minimum absolute atomic E-state index is 0.0270. The number of carbonyl (C=O) groups excluding carboxylic acids is 4. The number of amides is 3. The Balaban J connectivity index is 1.71. The quantitative estimate of drug-likeness (QED) is 0.296. The maximum absolute atomic E-state index is 13.5. The third-order valence-electron chi connectivity index (χ3n) is 5.86. The lowest BCUT2D eigenvalue weighted by Crippen LogP contribution is -2.52. The zero-order chi connectivity index (χ0) is 23.0. The van der Waals surface area contributed by atoms with Gasteiger partial charge in [-0.1, -0.05) is 85.9 Å². The van der Waals surface area contributed by atoms with Crippen LogP contribution < -0.4 is 0 Å². The molecular formula is C23H19Br2ClN2O4. The van der Waals surface area contributed by atoms with Crippen LogP contribution in [0.1, 0.15) is 33.6 Å². The molecule has 2 fully saturated rings. The Morgan fingerprint density at radius 3 is 2.00 bits per heavy atom. The van der Waals surface area contributed by atoms with Crippen LogP contribution in [0.3, 0.4) is 0 Å². The number of Topliss-reactive ketones (excluding diaryl/α,β-unsaturated/α-hetero) is 1. The molecule has 3 amide bonds. The largest absolute Gasteiger partial charge is 0.292 e. The normalized spacial score (nSPS) is 24.9. The summed E-state index contributed by atoms with van der Waals surface area (Å²) in [5.74, 6) is -3.09. The van der Waals surface area contributed by atoms with E-state index in [1.807, 2.05) is 0 Å². The minimum Gasteiger partial charge on any atom is -0.292 e. The van der Waals surface area contributed by atoms with E-state index in [2.05, 4.69) is 31.9 Å². The van der Waals surface area contributed by atoms with Crippen molar-refractivity contribution in [1.29, 1.82) is 0 Å². The maximum atomic E-state index is 13.5. The van der Waals surface area contributed by atoms with Crippen LogP contribution in [-0.2, 0) is 9.59 Å². The highest BCUT2D eigenvalue weighted by Crippen LogP contribution is 2.43. The second-order valence-corrected chi connectivity index (χ2v) is 10.6. The highest BCUT2D eigenvalue weighted by Gasteiger charge is 2.54. The Morgan fingerprint density at radius 1 is 0.906 bits per heavy atom. The molecule has 2 aromatic rings. The first-order chi connectivity index (χ1) is 15.3. The van der Waals surface area contributed by atoms with Crippen molar-refractivity contribution in [3.63, 3.8) is 0 Å². The molecule has 1 aliphatic heterocycles. The summed E-state index contributed by atoms with van der Waals surface area (Å²) in [6, 6.07) is 14.8. The number of nitrogens with zero attached hydrogens (tertiary/aromatic N) is 2. The van der Waals surface area contributed by atoms with Crippen molar-refractivity contribution in [3.8, 4) is 0 Å². The van der Waals surface area contributed by atoms with Crippen molar-refractivity contribution in [1.82, 2.24) is 10.0 Å². The third kappa shape index (κ3) is 4.28. The summed E-state index contributed by atoms with van der Waals surface area (Å²) in [5.41, 5.74) is 0.490. The van der Waals surface area contributed by atoms with Crippen LogP contribution in [0.15, 0.2) is 54.6 Å². The van der Waals surface area contributed by atoms with Gasteiger partial charge in [0.05, 0.1) is 22.4 Å². The highest BCUT2D eigenvalue weighted by molar-refractivity contribution is 9.12. The Labute approximate surface area is 207 Å². The number of hydrogen-bond acceptors (Lipinski definition) is 4. The molecule has 9 heteroatoms. The van der Waals surface area contributed by atoms with E-state index in [4.69, 9.17) is 11.6 Å². The number of hydrogen-bond donors (Lipinski definition) is 0. The fraction of sp³-hybridized carbons (Fsp3) is 0.304. The average molecular weight is 583 g/mol. The van der Waals surface area contributed by atoms with Crippen molar-refractivity contribution in [2.45, 2.75) is 22.5 Å². The van der Waals surface area contributed by atoms with Crippen LogP contribution in [0.25, 0.3) is 0 Å². The Hall–Kier alpha value is -2.03. The standard InChI is InChI=1S/C23H19Br2ClN2O4/c24-17-10-15-16(11-18(17)25)23(32)28(22(15)31)27(12-20(29)13-6-2-1-3-7-13)21(30)14-8-4-5-9-19(14)26/h1-9,15-18H,10-12H2/t15-,16+,17-,18-/m0/s1. The molecule has 4 atom stereocenters. The molecule has 6 nitrogen and oxygen atoms in total. The fourth-order valence-electron chi connectivity index (χ4n) is 4.17. The van der Waals surface area contributed by atoms with E-state index >= 15 is 0 Å². The van der Waals surface area contributed by atoms with Crippen molar-refractivity contribution < 1.29 is 19.2 Å². The van der Waals surface area contributed by atoms with Crippen LogP contribution >= 0.6 is 43.5 Å². The molecule has 1 saturated heterocycles. The second-order valence-electron chi connectivity index (χ2n) is 7.84. The molecule has 0 radical (unpaired) electrons. The summed E-state index contributed by atoms with van der Waals surface area (Å²) >= 11 is 13.3. The van der Waals surface area contributed by atoms with E-state index in [-0.39, 0.29) is 20.2 Å². The zero-order valence-corrected chi connectivity index (χ0v) is 20.7. The number of imide groups is 1. The van der Waals surface area contributed by atoms with Gasteiger partial charge < -0.3 is 0 Å². The van der Waals surface area contributed by atoms with E-state index in [1.54, 1.807) is 48.5 Å². The first-order valence-electron chi connectivity index (χ1n) is 10.1. The average Bonchev–Trinajstić information content (AvgIpc) is 3.02. The van der Waals surface area contributed by atoms with Crippen LogP contribution in [0.2, 0.25) is 5.02 Å². The maximum Gasteiger partial charge on any atom is 0.274 e. The summed E-state index contributed by atoms with van der Waals surface area (Å²) < 4.78 is 0. The van der Waals surface area contributed by atoms with Crippen LogP contribution in [0.5, 0.6) is 0 Å². The summed E-state index contributed by atoms with van der Waals surface area (Å²) in [7, 11) is 0. The molecule has 32 heavy (non-hydrogen) atoms. The molecule has 0 unspecified atom stereocenters. The summed E-state index contributed by atoms with van der Waals surface area (Å²) in [5, 5.41) is 1.99. The predicted molar refractivity (Wildman–Crippen MR) is 127 cm³/mol. The lowest BCUT2D eigenvalue weighted by Gasteiger charge is -2.30. The number of halogens is 3. The summed E-state index contributed by atoms with van der Waals surface area (Å²) in [6.45, 7) is -0.458. The smallest absolute Gasteiger partial charge is 0.274 e.